The van der Waals surface area contributed by atoms with Crippen LogP contribution in [0.25, 0.3) is 5.52 Å². The molecule has 0 radical (unpaired) electrons. The Labute approximate surface area is 135 Å². The number of fused-ring (bicyclic) bond motifs is 1. The van der Waals surface area contributed by atoms with Crippen molar-refractivity contribution in [3.05, 3.63) is 65.5 Å². The van der Waals surface area contributed by atoms with Gasteiger partial charge in [0.15, 0.2) is 0 Å². The van der Waals surface area contributed by atoms with E-state index in [2.05, 4.69) is 5.10 Å². The summed E-state index contributed by atoms with van der Waals surface area (Å²) in [4.78, 5) is 2.04. The molecule has 0 aliphatic carbocycles. The van der Waals surface area contributed by atoms with Gasteiger partial charge in [0.05, 0.1) is 17.3 Å². The van der Waals surface area contributed by atoms with Gasteiger partial charge in [-0.05, 0) is 55.4 Å². The van der Waals surface area contributed by atoms with Gasteiger partial charge in [0.2, 0.25) is 0 Å². The van der Waals surface area contributed by atoms with Gasteiger partial charge in [-0.15, -0.1) is 0 Å². The lowest BCUT2D eigenvalue weighted by Gasteiger charge is -2.20. The molecule has 120 valence electrons. The molecule has 5 nitrogen and oxygen atoms in total. The van der Waals surface area contributed by atoms with Gasteiger partial charge in [0.1, 0.15) is 5.75 Å². The number of aromatic nitrogens is 2. The molecule has 1 aromatic carbocycles. The van der Waals surface area contributed by atoms with Gasteiger partial charge in [0.25, 0.3) is 0 Å². The van der Waals surface area contributed by atoms with Crippen LogP contribution in [-0.4, -0.2) is 38.3 Å². The number of likely N-dealkylation sites (N-methyl/N-ethyl adjacent to an activating group) is 1. The average Bonchev–Trinajstić information content (AvgIpc) is 2.91. The number of aryl methyl sites for hydroxylation is 1. The lowest BCUT2D eigenvalue weighted by molar-refractivity contribution is 0.123. The van der Waals surface area contributed by atoms with Crippen molar-refractivity contribution in [2.24, 2.45) is 0 Å². The first-order valence-corrected chi connectivity index (χ1v) is 7.62. The molecule has 5 heteroatoms. The summed E-state index contributed by atoms with van der Waals surface area (Å²) < 4.78 is 1.85. The lowest BCUT2D eigenvalue weighted by atomic mass is 10.1. The summed E-state index contributed by atoms with van der Waals surface area (Å²) in [6.07, 6.45) is 1.32. The Morgan fingerprint density at radius 1 is 1.22 bits per heavy atom. The molecular weight excluding hydrogens is 290 g/mol. The second-order valence-electron chi connectivity index (χ2n) is 5.96. The number of phenols is 1. The van der Waals surface area contributed by atoms with Crippen molar-refractivity contribution >= 4 is 5.52 Å². The zero-order chi connectivity index (χ0) is 16.4. The summed E-state index contributed by atoms with van der Waals surface area (Å²) in [5.41, 5.74) is 3.60. The first-order valence-electron chi connectivity index (χ1n) is 7.62. The fourth-order valence-corrected chi connectivity index (χ4v) is 2.70. The minimum absolute atomic E-state index is 0.249. The van der Waals surface area contributed by atoms with Crippen molar-refractivity contribution in [1.82, 2.24) is 14.5 Å². The van der Waals surface area contributed by atoms with Crippen LogP contribution in [-0.2, 0) is 6.54 Å². The Kier molecular flexibility index (Phi) is 4.32. The third-order valence-corrected chi connectivity index (χ3v) is 3.94. The normalized spacial score (nSPS) is 12.9. The lowest BCUT2D eigenvalue weighted by Crippen LogP contribution is -2.24. The summed E-state index contributed by atoms with van der Waals surface area (Å²) in [7, 11) is 1.96. The molecule has 3 rings (SSSR count). The molecule has 0 bridgehead atoms. The standard InChI is InChI=1S/C18H21N3O2/c1-13-9-14(6-7-17(13)22)18(23)12-20(2)11-15-10-16-5-3-4-8-21(16)19-15/h3-10,18,22-23H,11-12H2,1-2H3. The van der Waals surface area contributed by atoms with Crippen LogP contribution < -0.4 is 0 Å². The van der Waals surface area contributed by atoms with E-state index in [4.69, 9.17) is 0 Å². The van der Waals surface area contributed by atoms with Gasteiger partial charge in [-0.25, -0.2) is 4.52 Å². The van der Waals surface area contributed by atoms with E-state index < -0.39 is 6.10 Å². The maximum absolute atomic E-state index is 10.4. The SMILES string of the molecule is Cc1cc(C(O)CN(C)Cc2cc3ccccn3n2)ccc1O. The third-order valence-electron chi connectivity index (χ3n) is 3.94. The zero-order valence-electron chi connectivity index (χ0n) is 13.3. The number of nitrogens with zero attached hydrogens (tertiary/aromatic N) is 3. The van der Waals surface area contributed by atoms with E-state index in [1.165, 1.54) is 0 Å². The number of phenolic OH excluding ortho intramolecular Hbond substituents is 1. The minimum atomic E-state index is -0.601. The molecule has 0 saturated heterocycles. The number of aromatic hydroxyl groups is 1. The molecular formula is C18H21N3O2. The second kappa shape index (κ2) is 6.40. The number of aliphatic hydroxyl groups is 1. The number of benzene rings is 1. The fourth-order valence-electron chi connectivity index (χ4n) is 2.70. The van der Waals surface area contributed by atoms with Crippen LogP contribution in [0.3, 0.4) is 0 Å². The minimum Gasteiger partial charge on any atom is -0.508 e. The van der Waals surface area contributed by atoms with Gasteiger partial charge in [-0.3, -0.25) is 4.90 Å². The molecule has 0 fully saturated rings. The Morgan fingerprint density at radius 3 is 2.78 bits per heavy atom. The van der Waals surface area contributed by atoms with E-state index in [1.54, 1.807) is 12.1 Å². The van der Waals surface area contributed by atoms with E-state index in [9.17, 15) is 10.2 Å². The van der Waals surface area contributed by atoms with E-state index in [0.717, 1.165) is 22.3 Å². The van der Waals surface area contributed by atoms with E-state index in [1.807, 2.05) is 59.9 Å². The highest BCUT2D eigenvalue weighted by Gasteiger charge is 2.13. The maximum atomic E-state index is 10.4. The van der Waals surface area contributed by atoms with Gasteiger partial charge in [0, 0.05) is 19.3 Å². The van der Waals surface area contributed by atoms with Gasteiger partial charge in [-0.1, -0.05) is 12.1 Å². The largest absolute Gasteiger partial charge is 0.508 e. The quantitative estimate of drug-likeness (QED) is 0.760. The molecule has 0 saturated carbocycles. The van der Waals surface area contributed by atoms with Crippen molar-refractivity contribution in [2.45, 2.75) is 19.6 Å². The Balaban J connectivity index is 1.66. The van der Waals surface area contributed by atoms with Crippen molar-refractivity contribution in [1.29, 1.82) is 0 Å². The summed E-state index contributed by atoms with van der Waals surface area (Å²) in [5, 5.41) is 24.5. The molecule has 0 spiro atoms. The predicted molar refractivity (Wildman–Crippen MR) is 89.3 cm³/mol. The smallest absolute Gasteiger partial charge is 0.118 e. The molecule has 0 aliphatic heterocycles. The predicted octanol–water partition coefficient (Wildman–Crippen LogP) is 2.51. The molecule has 2 aromatic heterocycles. The first kappa shape index (κ1) is 15.5. The highest BCUT2D eigenvalue weighted by atomic mass is 16.3. The number of hydrogen-bond donors (Lipinski definition) is 2. The molecule has 23 heavy (non-hydrogen) atoms. The Hall–Kier alpha value is -2.37. The zero-order valence-corrected chi connectivity index (χ0v) is 13.3. The van der Waals surface area contributed by atoms with Crippen molar-refractivity contribution in [3.63, 3.8) is 0 Å². The van der Waals surface area contributed by atoms with Crippen LogP contribution in [0.5, 0.6) is 5.75 Å². The molecule has 1 unspecified atom stereocenters. The summed E-state index contributed by atoms with van der Waals surface area (Å²) >= 11 is 0. The monoisotopic (exact) mass is 311 g/mol. The molecule has 0 aliphatic rings. The topological polar surface area (TPSA) is 61.0 Å². The van der Waals surface area contributed by atoms with Gasteiger partial charge in [-0.2, -0.15) is 5.10 Å². The fraction of sp³-hybridized carbons (Fsp3) is 0.278. The van der Waals surface area contributed by atoms with Crippen molar-refractivity contribution < 1.29 is 10.2 Å². The number of hydrogen-bond acceptors (Lipinski definition) is 4. The Bertz CT molecular complexity index is 780. The van der Waals surface area contributed by atoms with Gasteiger partial charge >= 0.3 is 0 Å². The van der Waals surface area contributed by atoms with Crippen LogP contribution in [0.1, 0.15) is 22.9 Å². The molecule has 3 aromatic rings. The second-order valence-corrected chi connectivity index (χ2v) is 5.96. The number of pyridine rings is 1. The summed E-state index contributed by atoms with van der Waals surface area (Å²) in [5.74, 6) is 0.249. The van der Waals surface area contributed by atoms with Crippen molar-refractivity contribution in [2.75, 3.05) is 13.6 Å². The van der Waals surface area contributed by atoms with E-state index in [-0.39, 0.29) is 5.75 Å². The van der Waals surface area contributed by atoms with Crippen LogP contribution >= 0.6 is 0 Å². The maximum Gasteiger partial charge on any atom is 0.118 e. The van der Waals surface area contributed by atoms with Crippen LogP contribution in [0.4, 0.5) is 0 Å². The van der Waals surface area contributed by atoms with Crippen LogP contribution in [0.15, 0.2) is 48.7 Å². The highest BCUT2D eigenvalue weighted by molar-refractivity contribution is 5.46. The molecule has 2 heterocycles. The van der Waals surface area contributed by atoms with Crippen molar-refractivity contribution in [3.8, 4) is 5.75 Å². The molecule has 1 atom stereocenters. The molecule has 2 N–H and O–H groups in total. The number of aliphatic hydroxyl groups excluding tert-OH is 1. The van der Waals surface area contributed by atoms with E-state index in [0.29, 0.717) is 13.1 Å². The van der Waals surface area contributed by atoms with Crippen LogP contribution in [0, 0.1) is 6.92 Å². The van der Waals surface area contributed by atoms with Gasteiger partial charge < -0.3 is 10.2 Å². The van der Waals surface area contributed by atoms with E-state index >= 15 is 0 Å². The summed E-state index contributed by atoms with van der Waals surface area (Å²) in [6, 6.07) is 13.2. The average molecular weight is 311 g/mol. The summed E-state index contributed by atoms with van der Waals surface area (Å²) in [6.45, 7) is 2.99. The highest BCUT2D eigenvalue weighted by Crippen LogP contribution is 2.22. The molecule has 0 amide bonds. The number of rotatable bonds is 5. The first-order chi connectivity index (χ1) is 11.0. The van der Waals surface area contributed by atoms with Crippen LogP contribution in [0.2, 0.25) is 0 Å². The Morgan fingerprint density at radius 2 is 2.04 bits per heavy atom. The third kappa shape index (κ3) is 3.52.